The van der Waals surface area contributed by atoms with Gasteiger partial charge < -0.3 is 24.7 Å². The molecule has 5 rings (SSSR count). The molecule has 0 saturated heterocycles. The smallest absolute Gasteiger partial charge is 0.344 e. The molecule has 3 N–H and O–H groups in total. The predicted molar refractivity (Wildman–Crippen MR) is 140 cm³/mol. The van der Waals surface area contributed by atoms with Crippen LogP contribution in [0.25, 0.3) is 0 Å². The lowest BCUT2D eigenvalue weighted by molar-refractivity contribution is -0.207. The predicted octanol–water partition coefficient (Wildman–Crippen LogP) is 3.06. The maximum Gasteiger partial charge on any atom is 0.344 e. The van der Waals surface area contributed by atoms with Crippen molar-refractivity contribution < 1.29 is 38.7 Å². The van der Waals surface area contributed by atoms with Crippen LogP contribution in [-0.4, -0.2) is 48.6 Å². The van der Waals surface area contributed by atoms with E-state index in [4.69, 9.17) is 14.1 Å². The molecule has 2 bridgehead atoms. The number of rotatable bonds is 5. The minimum atomic E-state index is -0.721. The number of ether oxygens (including phenoxy) is 2. The van der Waals surface area contributed by atoms with Gasteiger partial charge in [-0.25, -0.2) is 9.18 Å². The fourth-order valence-corrected chi connectivity index (χ4v) is 8.02. The number of Topliss-reactive ketones (excluding diaryl/α,β-unsaturated/α-hetero) is 1. The van der Waals surface area contributed by atoms with Crippen molar-refractivity contribution in [2.75, 3.05) is 6.61 Å². The van der Waals surface area contributed by atoms with Crippen molar-refractivity contribution >= 4 is 24.7 Å². The van der Waals surface area contributed by atoms with Gasteiger partial charge >= 0.3 is 13.5 Å². The Morgan fingerprint density at radius 2 is 2.05 bits per heavy atom. The van der Waals surface area contributed by atoms with Crippen LogP contribution in [0.5, 0.6) is 5.75 Å². The Kier molecular flexibility index (Phi) is 7.62. The molecule has 7 nitrogen and oxygen atoms in total. The van der Waals surface area contributed by atoms with E-state index in [-0.39, 0.29) is 46.8 Å². The fourth-order valence-electron chi connectivity index (χ4n) is 8.02. The lowest BCUT2D eigenvalue weighted by Gasteiger charge is -2.61. The van der Waals surface area contributed by atoms with E-state index in [0.717, 1.165) is 19.3 Å². The Hall–Kier alpha value is -2.23. The third kappa shape index (κ3) is 4.22. The molecule has 1 aliphatic heterocycles. The second-order valence-corrected chi connectivity index (χ2v) is 12.3. The van der Waals surface area contributed by atoms with Gasteiger partial charge in [-0.15, -0.1) is 6.58 Å². The average molecular weight is 529 g/mol. The van der Waals surface area contributed by atoms with Crippen molar-refractivity contribution in [3.8, 4) is 5.75 Å². The van der Waals surface area contributed by atoms with Crippen molar-refractivity contribution in [1.29, 1.82) is 0 Å². The van der Waals surface area contributed by atoms with E-state index in [0.29, 0.717) is 23.9 Å². The van der Waals surface area contributed by atoms with Crippen LogP contribution in [0, 0.1) is 39.8 Å². The zero-order valence-electron chi connectivity index (χ0n) is 22.7. The molecule has 3 aliphatic carbocycles. The van der Waals surface area contributed by atoms with Gasteiger partial charge in [0, 0.05) is 34.8 Å². The molecule has 1 radical (unpaired) electrons. The number of benzene rings is 1. The Bertz CT molecular complexity index is 1130. The highest BCUT2D eigenvalue weighted by molar-refractivity contribution is 6.49. The summed E-state index contributed by atoms with van der Waals surface area (Å²) < 4.78 is 31.3. The number of aliphatic hydroxyl groups excluding tert-OH is 1. The zero-order valence-corrected chi connectivity index (χ0v) is 22.7. The number of hydrogen-bond donors (Lipinski definition) is 1. The van der Waals surface area contributed by atoms with Gasteiger partial charge in [-0.2, -0.15) is 0 Å². The Labute approximate surface area is 224 Å². The molecule has 0 amide bonds. The largest absolute Gasteiger partial charge is 0.482 e. The Morgan fingerprint density at radius 1 is 1.32 bits per heavy atom. The Balaban J connectivity index is 0.00000336. The van der Waals surface area contributed by atoms with Crippen LogP contribution in [0.4, 0.5) is 4.39 Å². The first-order chi connectivity index (χ1) is 17.5. The minimum Gasteiger partial charge on any atom is -0.482 e. The number of fused-ring (bicyclic) bond motifs is 1. The van der Waals surface area contributed by atoms with Crippen LogP contribution >= 0.6 is 0 Å². The summed E-state index contributed by atoms with van der Waals surface area (Å²) in [6, 6.07) is 2.88. The minimum absolute atomic E-state index is 0. The molecule has 4 aliphatic rings. The van der Waals surface area contributed by atoms with Crippen LogP contribution in [0.2, 0.25) is 0 Å². The van der Waals surface area contributed by atoms with Gasteiger partial charge in [0.2, 0.25) is 0 Å². The summed E-state index contributed by atoms with van der Waals surface area (Å²) in [5, 5.41) is 11.6. The summed E-state index contributed by atoms with van der Waals surface area (Å²) in [7, 11) is 1.47. The zero-order chi connectivity index (χ0) is 26.8. The third-order valence-electron chi connectivity index (χ3n) is 10.6. The molecular weight excluding hydrogens is 490 g/mol. The molecule has 9 heteroatoms. The van der Waals surface area contributed by atoms with Crippen LogP contribution in [0.15, 0.2) is 24.8 Å². The molecule has 0 unspecified atom stereocenters. The first-order valence-corrected chi connectivity index (χ1v) is 13.4. The SMILES string of the molecule is C=C[C@]1(C)C[C@@H](OC(=O)COc2cc(F)c3c(c2)[B]OC3)[C@]2(C)[C@H](C)CC[C@]3(CCC(=O)[C@H]32)[C@@H](C)[C@@H]1O.O. The highest BCUT2D eigenvalue weighted by atomic mass is 19.1. The van der Waals surface area contributed by atoms with E-state index in [1.165, 1.54) is 13.5 Å². The molecule has 3 saturated carbocycles. The fraction of sp³-hybridized carbons (Fsp3) is 0.655. The van der Waals surface area contributed by atoms with Crippen LogP contribution < -0.4 is 10.2 Å². The number of carbonyl (C=O) groups is 2. The summed E-state index contributed by atoms with van der Waals surface area (Å²) in [4.78, 5) is 26.6. The lowest BCUT2D eigenvalue weighted by atomic mass is 9.44. The van der Waals surface area contributed by atoms with E-state index in [1.54, 1.807) is 12.1 Å². The number of halogens is 1. The summed E-state index contributed by atoms with van der Waals surface area (Å²) >= 11 is 0. The molecule has 0 spiro atoms. The molecule has 8 atom stereocenters. The maximum absolute atomic E-state index is 14.4. The lowest BCUT2D eigenvalue weighted by Crippen LogP contribution is -2.63. The number of aliphatic hydroxyl groups is 1. The Morgan fingerprint density at radius 3 is 2.76 bits per heavy atom. The third-order valence-corrected chi connectivity index (χ3v) is 10.6. The van der Waals surface area contributed by atoms with E-state index in [1.807, 2.05) is 6.92 Å². The summed E-state index contributed by atoms with van der Waals surface area (Å²) in [6.07, 6.45) is 3.81. The van der Waals surface area contributed by atoms with Crippen LogP contribution in [0.3, 0.4) is 0 Å². The molecule has 1 heterocycles. The van der Waals surface area contributed by atoms with Crippen LogP contribution in [0.1, 0.15) is 65.4 Å². The molecule has 207 valence electrons. The van der Waals surface area contributed by atoms with Crippen molar-refractivity contribution in [3.63, 3.8) is 0 Å². The number of hydrogen-bond acceptors (Lipinski definition) is 6. The molecular formula is C29H39BFO7. The molecule has 1 aromatic carbocycles. The normalized spacial score (nSPS) is 39.5. The van der Waals surface area contributed by atoms with Gasteiger partial charge in [-0.05, 0) is 54.5 Å². The van der Waals surface area contributed by atoms with Gasteiger partial charge in [-0.1, -0.05) is 33.8 Å². The standard InChI is InChI=1S/C29H37BFO6.H2O/c1-6-27(4)13-23(37-24(33)15-35-18-11-20-19(14-36-30-20)21(31)12-18)28(5)16(2)7-9-29(17(3)26(27)34)10-8-22(32)25(28)29;/h6,11-12,16-17,23,25-26,34H,1,7-10,13-15H2,2-5H3;1H2/t16-,17+,23-,25+,26+,27-,28+,29+;/m1./s1. The van der Waals surface area contributed by atoms with Gasteiger partial charge in [0.25, 0.3) is 0 Å². The monoisotopic (exact) mass is 529 g/mol. The maximum atomic E-state index is 14.4. The summed E-state index contributed by atoms with van der Waals surface area (Å²) in [5.74, 6) is -0.842. The van der Waals surface area contributed by atoms with Gasteiger partial charge in [0.1, 0.15) is 23.5 Å². The average Bonchev–Trinajstić information content (AvgIpc) is 3.49. The van der Waals surface area contributed by atoms with Crippen molar-refractivity contribution in [3.05, 3.63) is 36.2 Å². The topological polar surface area (TPSA) is 114 Å². The number of ketones is 1. The summed E-state index contributed by atoms with van der Waals surface area (Å²) in [5.41, 5.74) is -0.569. The first-order valence-electron chi connectivity index (χ1n) is 13.4. The second kappa shape index (κ2) is 10.1. The van der Waals surface area contributed by atoms with Gasteiger partial charge in [0.15, 0.2) is 6.61 Å². The van der Waals surface area contributed by atoms with Crippen molar-refractivity contribution in [2.45, 2.75) is 78.6 Å². The van der Waals surface area contributed by atoms with Gasteiger partial charge in [0.05, 0.1) is 12.7 Å². The van der Waals surface area contributed by atoms with Crippen molar-refractivity contribution in [2.24, 2.45) is 34.0 Å². The molecule has 0 aromatic heterocycles. The van der Waals surface area contributed by atoms with Crippen LogP contribution in [-0.2, 0) is 25.6 Å². The molecule has 38 heavy (non-hydrogen) atoms. The number of carbonyl (C=O) groups excluding carboxylic acids is 2. The van der Waals surface area contributed by atoms with E-state index < -0.39 is 41.4 Å². The molecule has 3 fully saturated rings. The molecule has 1 aromatic rings. The van der Waals surface area contributed by atoms with E-state index >= 15 is 0 Å². The highest BCUT2D eigenvalue weighted by Crippen LogP contribution is 2.68. The first kappa shape index (κ1) is 28.8. The van der Waals surface area contributed by atoms with E-state index in [2.05, 4.69) is 27.4 Å². The van der Waals surface area contributed by atoms with E-state index in [9.17, 15) is 19.1 Å². The van der Waals surface area contributed by atoms with Gasteiger partial charge in [-0.3, -0.25) is 4.79 Å². The highest BCUT2D eigenvalue weighted by Gasteiger charge is 2.68. The number of esters is 1. The quantitative estimate of drug-likeness (QED) is 0.357. The van der Waals surface area contributed by atoms with Crippen molar-refractivity contribution in [1.82, 2.24) is 0 Å². The second-order valence-electron chi connectivity index (χ2n) is 12.3. The summed E-state index contributed by atoms with van der Waals surface area (Å²) in [6.45, 7) is 12.1.